The highest BCUT2D eigenvalue weighted by atomic mass is 32.1. The Labute approximate surface area is 132 Å². The van der Waals surface area contributed by atoms with Crippen LogP contribution in [-0.2, 0) is 6.54 Å². The van der Waals surface area contributed by atoms with Crippen molar-refractivity contribution in [3.8, 4) is 0 Å². The Kier molecular flexibility index (Phi) is 5.14. The number of rotatable bonds is 6. The fourth-order valence-electron chi connectivity index (χ4n) is 3.41. The second-order valence-corrected chi connectivity index (χ2v) is 7.38. The van der Waals surface area contributed by atoms with E-state index in [1.807, 2.05) is 11.3 Å². The molecule has 0 radical (unpaired) electrons. The van der Waals surface area contributed by atoms with Crippen LogP contribution >= 0.6 is 11.3 Å². The molecule has 118 valence electrons. The molecule has 0 bridgehead atoms. The molecule has 0 aromatic carbocycles. The molecule has 5 heteroatoms. The van der Waals surface area contributed by atoms with Gasteiger partial charge in [-0.1, -0.05) is 6.92 Å². The average Bonchev–Trinajstić information content (AvgIpc) is 3.18. The molecule has 1 aromatic heterocycles. The molecular weight excluding hydrogens is 280 g/mol. The Balaban J connectivity index is 1.58. The highest BCUT2D eigenvalue weighted by Crippen LogP contribution is 2.30. The summed E-state index contributed by atoms with van der Waals surface area (Å²) in [7, 11) is 0. The van der Waals surface area contributed by atoms with Gasteiger partial charge in [0, 0.05) is 30.6 Å². The van der Waals surface area contributed by atoms with Crippen molar-refractivity contribution in [3.05, 3.63) is 10.6 Å². The van der Waals surface area contributed by atoms with Crippen LogP contribution in [0.4, 0.5) is 5.13 Å². The van der Waals surface area contributed by atoms with E-state index < -0.39 is 0 Å². The van der Waals surface area contributed by atoms with Gasteiger partial charge in [-0.25, -0.2) is 4.98 Å². The standard InChI is InChI=1S/C16H28N4S/c1-3-7-17-11-15-13(2)18-16(21-15)20-10-6-14(12-20)19-8-4-5-9-19/h14,17H,3-12H2,1-2H3. The molecule has 0 aliphatic carbocycles. The number of hydrogen-bond acceptors (Lipinski definition) is 5. The predicted octanol–water partition coefficient (Wildman–Crippen LogP) is 2.63. The highest BCUT2D eigenvalue weighted by molar-refractivity contribution is 7.15. The lowest BCUT2D eigenvalue weighted by atomic mass is 10.2. The molecule has 1 aromatic rings. The van der Waals surface area contributed by atoms with Gasteiger partial charge in [-0.3, -0.25) is 4.90 Å². The van der Waals surface area contributed by atoms with Gasteiger partial charge in [-0.15, -0.1) is 11.3 Å². The van der Waals surface area contributed by atoms with Crippen molar-refractivity contribution in [2.45, 2.75) is 52.1 Å². The summed E-state index contributed by atoms with van der Waals surface area (Å²) in [5, 5.41) is 4.73. The molecule has 2 fully saturated rings. The number of anilines is 1. The minimum atomic E-state index is 0.762. The molecule has 0 spiro atoms. The number of aryl methyl sites for hydroxylation is 1. The number of nitrogens with zero attached hydrogens (tertiary/aromatic N) is 3. The molecule has 21 heavy (non-hydrogen) atoms. The molecule has 1 atom stereocenters. The Bertz CT molecular complexity index is 453. The summed E-state index contributed by atoms with van der Waals surface area (Å²) in [6.07, 6.45) is 5.27. The molecule has 2 aliphatic heterocycles. The molecule has 0 amide bonds. The minimum Gasteiger partial charge on any atom is -0.346 e. The van der Waals surface area contributed by atoms with E-state index in [0.717, 1.165) is 19.1 Å². The maximum Gasteiger partial charge on any atom is 0.185 e. The Hall–Kier alpha value is -0.650. The Morgan fingerprint density at radius 2 is 2.10 bits per heavy atom. The fourth-order valence-corrected chi connectivity index (χ4v) is 4.48. The van der Waals surface area contributed by atoms with Crippen molar-refractivity contribution >= 4 is 16.5 Å². The summed E-state index contributed by atoms with van der Waals surface area (Å²) in [4.78, 5) is 11.4. The van der Waals surface area contributed by atoms with Crippen molar-refractivity contribution in [1.82, 2.24) is 15.2 Å². The first-order valence-corrected chi connectivity index (χ1v) is 9.25. The smallest absolute Gasteiger partial charge is 0.185 e. The number of nitrogens with one attached hydrogen (secondary N) is 1. The molecule has 4 nitrogen and oxygen atoms in total. The molecule has 1 unspecified atom stereocenters. The van der Waals surface area contributed by atoms with Gasteiger partial charge in [0.25, 0.3) is 0 Å². The van der Waals surface area contributed by atoms with E-state index in [1.165, 1.54) is 67.6 Å². The van der Waals surface area contributed by atoms with Crippen molar-refractivity contribution in [2.75, 3.05) is 37.6 Å². The highest BCUT2D eigenvalue weighted by Gasteiger charge is 2.30. The first-order valence-electron chi connectivity index (χ1n) is 8.44. The van der Waals surface area contributed by atoms with E-state index >= 15 is 0 Å². The first-order chi connectivity index (χ1) is 10.3. The zero-order chi connectivity index (χ0) is 14.7. The topological polar surface area (TPSA) is 31.4 Å². The van der Waals surface area contributed by atoms with E-state index in [0.29, 0.717) is 0 Å². The van der Waals surface area contributed by atoms with Crippen LogP contribution in [0.25, 0.3) is 0 Å². The van der Waals surface area contributed by atoms with Crippen LogP contribution in [0.3, 0.4) is 0 Å². The molecule has 2 saturated heterocycles. The van der Waals surface area contributed by atoms with Crippen LogP contribution in [0.5, 0.6) is 0 Å². The molecule has 3 rings (SSSR count). The SMILES string of the molecule is CCCNCc1sc(N2CCC(N3CCCC3)C2)nc1C. The van der Waals surface area contributed by atoms with Gasteiger partial charge in [0.15, 0.2) is 5.13 Å². The van der Waals surface area contributed by atoms with Gasteiger partial charge in [0.1, 0.15) is 0 Å². The number of aromatic nitrogens is 1. The van der Waals surface area contributed by atoms with E-state index in [2.05, 4.69) is 29.0 Å². The molecule has 0 saturated carbocycles. The van der Waals surface area contributed by atoms with E-state index in [1.54, 1.807) is 0 Å². The lowest BCUT2D eigenvalue weighted by Gasteiger charge is -2.23. The van der Waals surface area contributed by atoms with Gasteiger partial charge in [-0.2, -0.15) is 0 Å². The summed E-state index contributed by atoms with van der Waals surface area (Å²) in [6.45, 7) is 11.4. The third kappa shape index (κ3) is 3.58. The zero-order valence-corrected chi connectivity index (χ0v) is 14.2. The van der Waals surface area contributed by atoms with Crippen LogP contribution < -0.4 is 10.2 Å². The fraction of sp³-hybridized carbons (Fsp3) is 0.812. The number of hydrogen-bond donors (Lipinski definition) is 1. The van der Waals surface area contributed by atoms with Gasteiger partial charge in [-0.05, 0) is 52.2 Å². The summed E-state index contributed by atoms with van der Waals surface area (Å²) in [5.41, 5.74) is 1.21. The first kappa shape index (κ1) is 15.3. The molecular formula is C16H28N4S. The van der Waals surface area contributed by atoms with Gasteiger partial charge in [0.2, 0.25) is 0 Å². The largest absolute Gasteiger partial charge is 0.346 e. The van der Waals surface area contributed by atoms with Crippen molar-refractivity contribution in [3.63, 3.8) is 0 Å². The normalized spacial score (nSPS) is 23.3. The van der Waals surface area contributed by atoms with E-state index in [4.69, 9.17) is 4.98 Å². The van der Waals surface area contributed by atoms with Crippen LogP contribution in [0, 0.1) is 6.92 Å². The van der Waals surface area contributed by atoms with Crippen molar-refractivity contribution < 1.29 is 0 Å². The maximum atomic E-state index is 4.82. The van der Waals surface area contributed by atoms with E-state index in [9.17, 15) is 0 Å². The minimum absolute atomic E-state index is 0.762. The van der Waals surface area contributed by atoms with E-state index in [-0.39, 0.29) is 0 Å². The predicted molar refractivity (Wildman–Crippen MR) is 90.3 cm³/mol. The second-order valence-electron chi connectivity index (χ2n) is 6.31. The van der Waals surface area contributed by atoms with Crippen molar-refractivity contribution in [1.29, 1.82) is 0 Å². The van der Waals surface area contributed by atoms with Crippen LogP contribution in [0.15, 0.2) is 0 Å². The summed E-state index contributed by atoms with van der Waals surface area (Å²) < 4.78 is 0. The monoisotopic (exact) mass is 308 g/mol. The maximum absolute atomic E-state index is 4.82. The Morgan fingerprint density at radius 1 is 1.29 bits per heavy atom. The third-order valence-electron chi connectivity index (χ3n) is 4.68. The third-order valence-corrected chi connectivity index (χ3v) is 5.90. The lowest BCUT2D eigenvalue weighted by molar-refractivity contribution is 0.260. The summed E-state index contributed by atoms with van der Waals surface area (Å²) in [5.74, 6) is 0. The zero-order valence-electron chi connectivity index (χ0n) is 13.4. The van der Waals surface area contributed by atoms with Crippen LogP contribution in [0.2, 0.25) is 0 Å². The molecule has 3 heterocycles. The quantitative estimate of drug-likeness (QED) is 0.819. The lowest BCUT2D eigenvalue weighted by Crippen LogP contribution is -2.35. The number of likely N-dealkylation sites (tertiary alicyclic amines) is 1. The second kappa shape index (κ2) is 7.07. The van der Waals surface area contributed by atoms with Gasteiger partial charge < -0.3 is 10.2 Å². The average molecular weight is 308 g/mol. The van der Waals surface area contributed by atoms with Crippen molar-refractivity contribution in [2.24, 2.45) is 0 Å². The van der Waals surface area contributed by atoms with Gasteiger partial charge >= 0.3 is 0 Å². The molecule has 2 aliphatic rings. The molecule has 1 N–H and O–H groups in total. The summed E-state index contributed by atoms with van der Waals surface area (Å²) >= 11 is 1.89. The summed E-state index contributed by atoms with van der Waals surface area (Å²) in [6, 6.07) is 0.762. The van der Waals surface area contributed by atoms with Crippen LogP contribution in [-0.4, -0.2) is 48.6 Å². The number of thiazole rings is 1. The Morgan fingerprint density at radius 3 is 2.86 bits per heavy atom. The van der Waals surface area contributed by atoms with Crippen LogP contribution in [0.1, 0.15) is 43.2 Å². The van der Waals surface area contributed by atoms with Gasteiger partial charge in [0.05, 0.1) is 5.69 Å².